The molecule has 10 heteroatoms. The Balaban J connectivity index is 1.39. The van der Waals surface area contributed by atoms with Crippen LogP contribution in [-0.4, -0.2) is 54.1 Å². The minimum Gasteiger partial charge on any atom is -0.508 e. The summed E-state index contributed by atoms with van der Waals surface area (Å²) in [5.74, 6) is 0.228. The van der Waals surface area contributed by atoms with Crippen LogP contribution in [0.15, 0.2) is 49.0 Å². The number of ether oxygens (including phenoxy) is 3. The highest BCUT2D eigenvalue weighted by Gasteiger charge is 2.39. The predicted octanol–water partition coefficient (Wildman–Crippen LogP) is 3.89. The van der Waals surface area contributed by atoms with Crippen molar-refractivity contribution in [2.24, 2.45) is 7.05 Å². The average Bonchev–Trinajstić information content (AvgIpc) is 3.58. The van der Waals surface area contributed by atoms with E-state index in [4.69, 9.17) is 25.8 Å². The highest BCUT2D eigenvalue weighted by molar-refractivity contribution is 6.35. The monoisotopic (exact) mass is 511 g/mol. The van der Waals surface area contributed by atoms with Crippen LogP contribution in [0.2, 0.25) is 5.02 Å². The number of halogens is 1. The lowest BCUT2D eigenvalue weighted by molar-refractivity contribution is 0.0868. The van der Waals surface area contributed by atoms with Crippen LogP contribution < -0.4 is 15.4 Å². The standard InChI is InChI=1S/C26H26ClN3O6/c1-15(31)16-3-5-17(6-4-16)26(7-8-34-14-26)29-24(32)23-11-20-21(27)9-18(10-22(20)30(23)2)35-13-19-12-28-25(33)36-19/h3-6,9-11,19,31H,1,7-8,12-14H2,2H3,(H,28,33)(H,29,32). The summed E-state index contributed by atoms with van der Waals surface area (Å²) in [7, 11) is 1.79. The third-order valence-electron chi connectivity index (χ3n) is 6.65. The van der Waals surface area contributed by atoms with Crippen molar-refractivity contribution in [3.63, 3.8) is 0 Å². The number of aliphatic hydroxyl groups is 1. The third-order valence-corrected chi connectivity index (χ3v) is 6.96. The Hall–Kier alpha value is -3.69. The molecule has 2 aliphatic heterocycles. The maximum Gasteiger partial charge on any atom is 0.407 e. The third kappa shape index (κ3) is 4.47. The molecule has 0 spiro atoms. The van der Waals surface area contributed by atoms with Gasteiger partial charge in [-0.15, -0.1) is 0 Å². The molecule has 1 aromatic heterocycles. The number of cyclic esters (lactones) is 1. The Morgan fingerprint density at radius 3 is 2.75 bits per heavy atom. The first-order valence-electron chi connectivity index (χ1n) is 11.5. The number of carbonyl (C=O) groups excluding carboxylic acids is 2. The number of nitrogens with zero attached hydrogens (tertiary/aromatic N) is 1. The van der Waals surface area contributed by atoms with E-state index in [2.05, 4.69) is 17.2 Å². The SMILES string of the molecule is C=C(O)c1ccc(C2(NC(=O)c3cc4c(Cl)cc(OCC5CNC(=O)O5)cc4n3C)CCOC2)cc1. The van der Waals surface area contributed by atoms with E-state index in [1.165, 1.54) is 0 Å². The number of alkyl carbamates (subject to hydrolysis) is 1. The van der Waals surface area contributed by atoms with Gasteiger partial charge in [-0.1, -0.05) is 42.4 Å². The van der Waals surface area contributed by atoms with Crippen molar-refractivity contribution in [2.75, 3.05) is 26.4 Å². The molecule has 2 atom stereocenters. The van der Waals surface area contributed by atoms with E-state index in [0.29, 0.717) is 53.6 Å². The van der Waals surface area contributed by atoms with Crippen LogP contribution in [0.25, 0.3) is 16.7 Å². The summed E-state index contributed by atoms with van der Waals surface area (Å²) in [5, 5.41) is 16.6. The largest absolute Gasteiger partial charge is 0.508 e. The minimum absolute atomic E-state index is 0.0149. The van der Waals surface area contributed by atoms with Gasteiger partial charge >= 0.3 is 6.09 Å². The number of aromatic nitrogens is 1. The van der Waals surface area contributed by atoms with Gasteiger partial charge in [0.05, 0.1) is 29.2 Å². The van der Waals surface area contributed by atoms with E-state index >= 15 is 0 Å². The lowest BCUT2D eigenvalue weighted by Crippen LogP contribution is -2.47. The predicted molar refractivity (Wildman–Crippen MR) is 134 cm³/mol. The van der Waals surface area contributed by atoms with E-state index in [9.17, 15) is 14.7 Å². The molecule has 36 heavy (non-hydrogen) atoms. The summed E-state index contributed by atoms with van der Waals surface area (Å²) in [6.07, 6.45) is -0.229. The fraction of sp³-hybridized carbons (Fsp3) is 0.308. The second kappa shape index (κ2) is 9.40. The number of hydrogen-bond acceptors (Lipinski definition) is 6. The second-order valence-corrected chi connectivity index (χ2v) is 9.42. The number of aryl methyl sites for hydroxylation is 1. The van der Waals surface area contributed by atoms with Crippen LogP contribution in [-0.2, 0) is 22.1 Å². The molecule has 188 valence electrons. The molecule has 9 nitrogen and oxygen atoms in total. The van der Waals surface area contributed by atoms with E-state index in [0.717, 1.165) is 11.1 Å². The quantitative estimate of drug-likeness (QED) is 0.415. The summed E-state index contributed by atoms with van der Waals surface area (Å²) in [6, 6.07) is 12.5. The molecule has 5 rings (SSSR count). The number of rotatable bonds is 7. The van der Waals surface area contributed by atoms with Gasteiger partial charge in [0.1, 0.15) is 23.8 Å². The van der Waals surface area contributed by atoms with Crippen LogP contribution in [0.4, 0.5) is 4.79 Å². The number of amides is 2. The zero-order valence-corrected chi connectivity index (χ0v) is 20.4. The molecule has 2 amide bonds. The summed E-state index contributed by atoms with van der Waals surface area (Å²) in [4.78, 5) is 24.7. The molecule has 3 aromatic rings. The number of hydrogen-bond donors (Lipinski definition) is 3. The number of aliphatic hydroxyl groups excluding tert-OH is 1. The fourth-order valence-corrected chi connectivity index (χ4v) is 4.86. The first-order valence-corrected chi connectivity index (χ1v) is 11.9. The van der Waals surface area contributed by atoms with Crippen molar-refractivity contribution < 1.29 is 28.9 Å². The first-order chi connectivity index (χ1) is 17.3. The van der Waals surface area contributed by atoms with E-state index < -0.39 is 11.6 Å². The van der Waals surface area contributed by atoms with Gasteiger partial charge < -0.3 is 34.5 Å². The highest BCUT2D eigenvalue weighted by atomic mass is 35.5. The van der Waals surface area contributed by atoms with Crippen LogP contribution in [0, 0.1) is 0 Å². The Kier molecular flexibility index (Phi) is 6.27. The molecule has 2 saturated heterocycles. The maximum atomic E-state index is 13.5. The molecule has 0 radical (unpaired) electrons. The molecular formula is C26H26ClN3O6. The average molecular weight is 512 g/mol. The second-order valence-electron chi connectivity index (χ2n) is 9.01. The number of benzene rings is 2. The van der Waals surface area contributed by atoms with Crippen molar-refractivity contribution >= 4 is 40.3 Å². The molecule has 3 heterocycles. The normalized spacial score (nSPS) is 21.3. The topological polar surface area (TPSA) is 111 Å². The lowest BCUT2D eigenvalue weighted by Gasteiger charge is -2.29. The summed E-state index contributed by atoms with van der Waals surface area (Å²) in [6.45, 7) is 4.97. The number of fused-ring (bicyclic) bond motifs is 1. The Morgan fingerprint density at radius 1 is 1.33 bits per heavy atom. The number of nitrogens with one attached hydrogen (secondary N) is 2. The zero-order chi connectivity index (χ0) is 25.4. The van der Waals surface area contributed by atoms with Gasteiger partial charge in [0.15, 0.2) is 6.10 Å². The van der Waals surface area contributed by atoms with Crippen LogP contribution >= 0.6 is 11.6 Å². The maximum absolute atomic E-state index is 13.5. The minimum atomic E-state index is -0.701. The van der Waals surface area contributed by atoms with Gasteiger partial charge in [-0.2, -0.15) is 0 Å². The van der Waals surface area contributed by atoms with Crippen molar-refractivity contribution in [1.82, 2.24) is 15.2 Å². The van der Waals surface area contributed by atoms with Gasteiger partial charge in [-0.3, -0.25) is 4.79 Å². The van der Waals surface area contributed by atoms with Crippen LogP contribution in [0.1, 0.15) is 28.0 Å². The molecule has 2 aromatic carbocycles. The van der Waals surface area contributed by atoms with Crippen LogP contribution in [0.5, 0.6) is 5.75 Å². The summed E-state index contributed by atoms with van der Waals surface area (Å²) < 4.78 is 18.3. The van der Waals surface area contributed by atoms with E-state index in [1.54, 1.807) is 41.9 Å². The first kappa shape index (κ1) is 24.0. The van der Waals surface area contributed by atoms with Gasteiger partial charge in [-0.05, 0) is 17.7 Å². The molecule has 0 saturated carbocycles. The van der Waals surface area contributed by atoms with Crippen molar-refractivity contribution in [3.8, 4) is 5.75 Å². The fourth-order valence-electron chi connectivity index (χ4n) is 4.60. The van der Waals surface area contributed by atoms with Gasteiger partial charge in [-0.25, -0.2) is 4.79 Å². The van der Waals surface area contributed by atoms with E-state index in [-0.39, 0.29) is 24.4 Å². The van der Waals surface area contributed by atoms with Gasteiger partial charge in [0.25, 0.3) is 5.91 Å². The molecular weight excluding hydrogens is 486 g/mol. The molecule has 2 aliphatic rings. The lowest BCUT2D eigenvalue weighted by atomic mass is 9.88. The summed E-state index contributed by atoms with van der Waals surface area (Å²) >= 11 is 6.53. The van der Waals surface area contributed by atoms with Crippen molar-refractivity contribution in [3.05, 3.63) is 70.9 Å². The van der Waals surface area contributed by atoms with Gasteiger partial charge in [0, 0.05) is 37.1 Å². The summed E-state index contributed by atoms with van der Waals surface area (Å²) in [5.41, 5.74) is 1.96. The molecule has 3 N–H and O–H groups in total. The molecule has 0 aliphatic carbocycles. The van der Waals surface area contributed by atoms with Gasteiger partial charge in [0.2, 0.25) is 0 Å². The number of carbonyl (C=O) groups is 2. The molecule has 0 bridgehead atoms. The highest BCUT2D eigenvalue weighted by Crippen LogP contribution is 2.34. The van der Waals surface area contributed by atoms with Crippen molar-refractivity contribution in [1.29, 1.82) is 0 Å². The van der Waals surface area contributed by atoms with Crippen LogP contribution in [0.3, 0.4) is 0 Å². The zero-order valence-electron chi connectivity index (χ0n) is 19.7. The van der Waals surface area contributed by atoms with Crippen molar-refractivity contribution in [2.45, 2.75) is 18.1 Å². The smallest absolute Gasteiger partial charge is 0.407 e. The molecule has 2 unspecified atom stereocenters. The Morgan fingerprint density at radius 2 is 2.11 bits per heavy atom. The van der Waals surface area contributed by atoms with E-state index in [1.807, 2.05) is 12.1 Å². The Bertz CT molecular complexity index is 1340. The molecule has 2 fully saturated rings. The Labute approximate surface area is 212 Å².